The van der Waals surface area contributed by atoms with Crippen molar-refractivity contribution in [1.29, 1.82) is 0 Å². The van der Waals surface area contributed by atoms with Crippen molar-refractivity contribution in [3.05, 3.63) is 58.6 Å². The van der Waals surface area contributed by atoms with Crippen LogP contribution in [0.5, 0.6) is 0 Å². The van der Waals surface area contributed by atoms with E-state index in [9.17, 15) is 0 Å². The Morgan fingerprint density at radius 1 is 1.05 bits per heavy atom. The Bertz CT molecular complexity index is 564. The summed E-state index contributed by atoms with van der Waals surface area (Å²) in [6.45, 7) is 7.43. The van der Waals surface area contributed by atoms with Crippen molar-refractivity contribution >= 4 is 23.4 Å². The molecule has 0 spiro atoms. The molecule has 0 aliphatic heterocycles. The Balaban J connectivity index is 2.06. The van der Waals surface area contributed by atoms with E-state index in [0.29, 0.717) is 6.04 Å². The summed E-state index contributed by atoms with van der Waals surface area (Å²) >= 11 is 7.67. The van der Waals surface area contributed by atoms with Gasteiger partial charge in [-0.25, -0.2) is 0 Å². The Hall–Kier alpha value is -0.960. The molecule has 2 aromatic rings. The third kappa shape index (κ3) is 4.55. The fourth-order valence-electron chi connectivity index (χ4n) is 1.88. The molecule has 3 heteroatoms. The summed E-state index contributed by atoms with van der Waals surface area (Å²) in [6, 6.07) is 15.1. The molecule has 0 amide bonds. The van der Waals surface area contributed by atoms with Gasteiger partial charge >= 0.3 is 0 Å². The Kier molecular flexibility index (Phi) is 5.53. The van der Waals surface area contributed by atoms with Gasteiger partial charge in [-0.3, -0.25) is 0 Å². The summed E-state index contributed by atoms with van der Waals surface area (Å²) < 4.78 is 0. The van der Waals surface area contributed by atoms with Crippen molar-refractivity contribution in [2.75, 3.05) is 0 Å². The monoisotopic (exact) mass is 305 g/mol. The van der Waals surface area contributed by atoms with E-state index < -0.39 is 0 Å². The second kappa shape index (κ2) is 7.16. The lowest BCUT2D eigenvalue weighted by atomic mass is 10.1. The Morgan fingerprint density at radius 3 is 2.30 bits per heavy atom. The molecular weight excluding hydrogens is 286 g/mol. The van der Waals surface area contributed by atoms with Crippen LogP contribution in [-0.4, -0.2) is 6.04 Å². The zero-order valence-corrected chi connectivity index (χ0v) is 13.7. The standard InChI is InChI=1S/C17H20ClNS/c1-12(2)19-11-14-4-7-17(10-13(14)3)20-16-8-5-15(18)6-9-16/h4-10,12,19H,11H2,1-3H3. The SMILES string of the molecule is Cc1cc(Sc2ccc(Cl)cc2)ccc1CNC(C)C. The van der Waals surface area contributed by atoms with Crippen LogP contribution in [0.25, 0.3) is 0 Å². The van der Waals surface area contributed by atoms with Crippen LogP contribution in [-0.2, 0) is 6.54 Å². The smallest absolute Gasteiger partial charge is 0.0406 e. The molecule has 0 unspecified atom stereocenters. The van der Waals surface area contributed by atoms with Gasteiger partial charge in [0, 0.05) is 27.4 Å². The second-order valence-corrected chi connectivity index (χ2v) is 6.76. The first kappa shape index (κ1) is 15.4. The van der Waals surface area contributed by atoms with Crippen molar-refractivity contribution in [3.8, 4) is 0 Å². The van der Waals surface area contributed by atoms with Crippen LogP contribution in [0.4, 0.5) is 0 Å². The third-order valence-corrected chi connectivity index (χ3v) is 4.31. The number of aryl methyl sites for hydroxylation is 1. The van der Waals surface area contributed by atoms with Crippen LogP contribution >= 0.6 is 23.4 Å². The highest BCUT2D eigenvalue weighted by Gasteiger charge is 2.03. The van der Waals surface area contributed by atoms with Crippen LogP contribution in [0, 0.1) is 6.92 Å². The van der Waals surface area contributed by atoms with Gasteiger partial charge in [0.25, 0.3) is 0 Å². The largest absolute Gasteiger partial charge is 0.310 e. The van der Waals surface area contributed by atoms with E-state index in [1.165, 1.54) is 20.9 Å². The van der Waals surface area contributed by atoms with E-state index in [2.05, 4.69) is 56.4 Å². The molecule has 2 rings (SSSR count). The van der Waals surface area contributed by atoms with Gasteiger partial charge in [0.05, 0.1) is 0 Å². The summed E-state index contributed by atoms with van der Waals surface area (Å²) in [6.07, 6.45) is 0. The van der Waals surface area contributed by atoms with Gasteiger partial charge in [0.2, 0.25) is 0 Å². The van der Waals surface area contributed by atoms with Gasteiger partial charge in [-0.05, 0) is 54.4 Å². The molecule has 2 aromatic carbocycles. The van der Waals surface area contributed by atoms with Crippen molar-refractivity contribution in [2.24, 2.45) is 0 Å². The van der Waals surface area contributed by atoms with Crippen molar-refractivity contribution in [2.45, 2.75) is 43.1 Å². The van der Waals surface area contributed by atoms with E-state index in [1.807, 2.05) is 12.1 Å². The molecule has 0 aliphatic carbocycles. The van der Waals surface area contributed by atoms with Gasteiger partial charge in [0.15, 0.2) is 0 Å². The molecule has 0 aromatic heterocycles. The highest BCUT2D eigenvalue weighted by Crippen LogP contribution is 2.29. The lowest BCUT2D eigenvalue weighted by Gasteiger charge is -2.12. The van der Waals surface area contributed by atoms with E-state index in [1.54, 1.807) is 11.8 Å². The van der Waals surface area contributed by atoms with Crippen molar-refractivity contribution in [3.63, 3.8) is 0 Å². The van der Waals surface area contributed by atoms with Crippen LogP contribution in [0.3, 0.4) is 0 Å². The minimum absolute atomic E-state index is 0.512. The van der Waals surface area contributed by atoms with Crippen LogP contribution in [0.15, 0.2) is 52.3 Å². The lowest BCUT2D eigenvalue weighted by molar-refractivity contribution is 0.587. The summed E-state index contributed by atoms with van der Waals surface area (Å²) in [7, 11) is 0. The minimum atomic E-state index is 0.512. The first-order valence-corrected chi connectivity index (χ1v) is 8.00. The molecule has 0 saturated carbocycles. The van der Waals surface area contributed by atoms with Gasteiger partial charge in [0.1, 0.15) is 0 Å². The zero-order valence-electron chi connectivity index (χ0n) is 12.1. The first-order chi connectivity index (χ1) is 9.54. The third-order valence-electron chi connectivity index (χ3n) is 3.06. The molecule has 0 bridgehead atoms. The normalized spacial score (nSPS) is 11.1. The highest BCUT2D eigenvalue weighted by molar-refractivity contribution is 7.99. The first-order valence-electron chi connectivity index (χ1n) is 6.81. The van der Waals surface area contributed by atoms with E-state index in [4.69, 9.17) is 11.6 Å². The van der Waals surface area contributed by atoms with E-state index in [0.717, 1.165) is 11.6 Å². The molecule has 0 fully saturated rings. The summed E-state index contributed by atoms with van der Waals surface area (Å²) in [5, 5.41) is 4.23. The van der Waals surface area contributed by atoms with Crippen LogP contribution < -0.4 is 5.32 Å². The average molecular weight is 306 g/mol. The molecule has 0 heterocycles. The van der Waals surface area contributed by atoms with Gasteiger partial charge in [-0.2, -0.15) is 0 Å². The molecule has 20 heavy (non-hydrogen) atoms. The molecule has 1 nitrogen and oxygen atoms in total. The number of rotatable bonds is 5. The second-order valence-electron chi connectivity index (χ2n) is 5.18. The maximum absolute atomic E-state index is 5.90. The fraction of sp³-hybridized carbons (Fsp3) is 0.294. The number of hydrogen-bond acceptors (Lipinski definition) is 2. The lowest BCUT2D eigenvalue weighted by Crippen LogP contribution is -2.22. The van der Waals surface area contributed by atoms with Crippen molar-refractivity contribution < 1.29 is 0 Å². The summed E-state index contributed by atoms with van der Waals surface area (Å²) in [5.41, 5.74) is 2.69. The predicted molar refractivity (Wildman–Crippen MR) is 88.7 cm³/mol. The van der Waals surface area contributed by atoms with E-state index in [-0.39, 0.29) is 0 Å². The van der Waals surface area contributed by atoms with Gasteiger partial charge < -0.3 is 5.32 Å². The number of nitrogens with one attached hydrogen (secondary N) is 1. The summed E-state index contributed by atoms with van der Waals surface area (Å²) in [5.74, 6) is 0. The van der Waals surface area contributed by atoms with Gasteiger partial charge in [-0.15, -0.1) is 0 Å². The van der Waals surface area contributed by atoms with E-state index >= 15 is 0 Å². The zero-order chi connectivity index (χ0) is 14.5. The molecule has 106 valence electrons. The maximum Gasteiger partial charge on any atom is 0.0406 e. The highest BCUT2D eigenvalue weighted by atomic mass is 35.5. The van der Waals surface area contributed by atoms with Gasteiger partial charge in [-0.1, -0.05) is 43.3 Å². The Labute approximate surface area is 130 Å². The minimum Gasteiger partial charge on any atom is -0.310 e. The molecule has 0 radical (unpaired) electrons. The molecule has 0 atom stereocenters. The number of benzene rings is 2. The van der Waals surface area contributed by atoms with Crippen molar-refractivity contribution in [1.82, 2.24) is 5.32 Å². The predicted octanol–water partition coefficient (Wildman–Crippen LogP) is 5.30. The number of halogens is 1. The van der Waals surface area contributed by atoms with Crippen LogP contribution in [0.2, 0.25) is 5.02 Å². The van der Waals surface area contributed by atoms with Crippen LogP contribution in [0.1, 0.15) is 25.0 Å². The maximum atomic E-state index is 5.90. The topological polar surface area (TPSA) is 12.0 Å². The Morgan fingerprint density at radius 2 is 1.70 bits per heavy atom. The molecular formula is C17H20ClNS. The average Bonchev–Trinajstić information content (AvgIpc) is 2.40. The molecule has 0 aliphatic rings. The molecule has 1 N–H and O–H groups in total. The molecule has 0 saturated heterocycles. The quantitative estimate of drug-likeness (QED) is 0.804. The fourth-order valence-corrected chi connectivity index (χ4v) is 2.93. The summed E-state index contributed by atoms with van der Waals surface area (Å²) in [4.78, 5) is 2.47. The number of hydrogen-bond donors (Lipinski definition) is 1.